The SMILES string of the molecule is COc1ccc(C[NH+]2CCN(C(=O)c3cc(Cl)c(OC)c(OC)c3)CC2)cc1. The lowest BCUT2D eigenvalue weighted by Gasteiger charge is -2.32. The summed E-state index contributed by atoms with van der Waals surface area (Å²) in [5.74, 6) is 1.73. The largest absolute Gasteiger partial charge is 0.497 e. The van der Waals surface area contributed by atoms with E-state index in [1.165, 1.54) is 24.7 Å². The number of halogens is 1. The first kappa shape index (κ1) is 20.3. The molecule has 0 bridgehead atoms. The summed E-state index contributed by atoms with van der Waals surface area (Å²) in [6, 6.07) is 11.5. The van der Waals surface area contributed by atoms with Crippen molar-refractivity contribution in [3.8, 4) is 17.2 Å². The van der Waals surface area contributed by atoms with Crippen LogP contribution < -0.4 is 19.1 Å². The Labute approximate surface area is 170 Å². The van der Waals surface area contributed by atoms with Crippen LogP contribution in [-0.2, 0) is 6.54 Å². The van der Waals surface area contributed by atoms with Gasteiger partial charge in [0.1, 0.15) is 12.3 Å². The molecule has 0 spiro atoms. The van der Waals surface area contributed by atoms with E-state index in [9.17, 15) is 4.79 Å². The fourth-order valence-electron chi connectivity index (χ4n) is 3.46. The molecule has 1 N–H and O–H groups in total. The number of piperazine rings is 1. The zero-order chi connectivity index (χ0) is 20.1. The number of carbonyl (C=O) groups excluding carboxylic acids is 1. The van der Waals surface area contributed by atoms with Gasteiger partial charge in [0.05, 0.1) is 52.5 Å². The monoisotopic (exact) mass is 405 g/mol. The van der Waals surface area contributed by atoms with Gasteiger partial charge in [-0.15, -0.1) is 0 Å². The molecule has 1 heterocycles. The summed E-state index contributed by atoms with van der Waals surface area (Å²) < 4.78 is 15.7. The van der Waals surface area contributed by atoms with Crippen molar-refractivity contribution in [1.82, 2.24) is 4.90 Å². The van der Waals surface area contributed by atoms with Gasteiger partial charge in [-0.05, 0) is 36.4 Å². The third kappa shape index (κ3) is 4.51. The molecule has 2 aromatic carbocycles. The Morgan fingerprint density at radius 2 is 1.71 bits per heavy atom. The van der Waals surface area contributed by atoms with Crippen LogP contribution in [0.25, 0.3) is 0 Å². The van der Waals surface area contributed by atoms with Crippen molar-refractivity contribution < 1.29 is 23.9 Å². The van der Waals surface area contributed by atoms with Crippen molar-refractivity contribution in [2.75, 3.05) is 47.5 Å². The highest BCUT2D eigenvalue weighted by Gasteiger charge is 2.26. The zero-order valence-electron chi connectivity index (χ0n) is 16.5. The van der Waals surface area contributed by atoms with Gasteiger partial charge in [-0.1, -0.05) is 11.6 Å². The molecule has 0 aliphatic carbocycles. The second-order valence-corrected chi connectivity index (χ2v) is 7.17. The van der Waals surface area contributed by atoms with E-state index < -0.39 is 0 Å². The highest BCUT2D eigenvalue weighted by Crippen LogP contribution is 2.36. The quantitative estimate of drug-likeness (QED) is 0.797. The molecule has 0 saturated carbocycles. The molecule has 3 rings (SSSR count). The third-order valence-electron chi connectivity index (χ3n) is 5.05. The number of rotatable bonds is 6. The number of nitrogens with one attached hydrogen (secondary N) is 1. The van der Waals surface area contributed by atoms with Crippen molar-refractivity contribution in [2.24, 2.45) is 0 Å². The molecule has 1 aliphatic rings. The molecule has 1 fully saturated rings. The van der Waals surface area contributed by atoms with E-state index in [1.54, 1.807) is 19.2 Å². The Morgan fingerprint density at radius 1 is 1.04 bits per heavy atom. The molecular formula is C21H26ClN2O4+. The lowest BCUT2D eigenvalue weighted by Crippen LogP contribution is -3.13. The molecule has 0 unspecified atom stereocenters. The highest BCUT2D eigenvalue weighted by atomic mass is 35.5. The van der Waals surface area contributed by atoms with Crippen LogP contribution in [0.3, 0.4) is 0 Å². The predicted octanol–water partition coefficient (Wildman–Crippen LogP) is 1.91. The Morgan fingerprint density at radius 3 is 2.29 bits per heavy atom. The summed E-state index contributed by atoms with van der Waals surface area (Å²) >= 11 is 6.24. The van der Waals surface area contributed by atoms with Gasteiger partial charge in [0.2, 0.25) is 0 Å². The lowest BCUT2D eigenvalue weighted by molar-refractivity contribution is -0.917. The normalized spacial score (nSPS) is 14.6. The van der Waals surface area contributed by atoms with E-state index in [0.29, 0.717) is 35.2 Å². The van der Waals surface area contributed by atoms with Gasteiger partial charge in [0, 0.05) is 11.1 Å². The fourth-order valence-corrected chi connectivity index (χ4v) is 3.75. The van der Waals surface area contributed by atoms with E-state index >= 15 is 0 Å². The van der Waals surface area contributed by atoms with Gasteiger partial charge in [0.25, 0.3) is 5.91 Å². The van der Waals surface area contributed by atoms with E-state index in [0.717, 1.165) is 25.4 Å². The molecule has 6 nitrogen and oxygen atoms in total. The molecule has 1 amide bonds. The fraction of sp³-hybridized carbons (Fsp3) is 0.381. The van der Waals surface area contributed by atoms with Gasteiger partial charge >= 0.3 is 0 Å². The topological polar surface area (TPSA) is 52.4 Å². The molecule has 0 atom stereocenters. The number of methoxy groups -OCH3 is 3. The Kier molecular flexibility index (Phi) is 6.65. The average molecular weight is 406 g/mol. The average Bonchev–Trinajstić information content (AvgIpc) is 2.73. The molecule has 7 heteroatoms. The first-order chi connectivity index (χ1) is 13.5. The third-order valence-corrected chi connectivity index (χ3v) is 5.33. The van der Waals surface area contributed by atoms with Gasteiger partial charge < -0.3 is 24.0 Å². The zero-order valence-corrected chi connectivity index (χ0v) is 17.2. The maximum Gasteiger partial charge on any atom is 0.254 e. The van der Waals surface area contributed by atoms with E-state index in [1.807, 2.05) is 17.0 Å². The first-order valence-corrected chi connectivity index (χ1v) is 9.60. The number of quaternary nitrogens is 1. The smallest absolute Gasteiger partial charge is 0.254 e. The van der Waals surface area contributed by atoms with Crippen molar-refractivity contribution in [3.63, 3.8) is 0 Å². The molecule has 2 aromatic rings. The first-order valence-electron chi connectivity index (χ1n) is 9.23. The van der Waals surface area contributed by atoms with Gasteiger partial charge in [-0.25, -0.2) is 0 Å². The summed E-state index contributed by atoms with van der Waals surface area (Å²) in [6.07, 6.45) is 0. The van der Waals surface area contributed by atoms with Crippen LogP contribution in [0, 0.1) is 0 Å². The van der Waals surface area contributed by atoms with Crippen molar-refractivity contribution >= 4 is 17.5 Å². The van der Waals surface area contributed by atoms with E-state index in [2.05, 4.69) is 12.1 Å². The van der Waals surface area contributed by atoms with Crippen LogP contribution in [0.2, 0.25) is 5.02 Å². The molecule has 150 valence electrons. The Balaban J connectivity index is 1.61. The summed E-state index contributed by atoms with van der Waals surface area (Å²) in [5, 5.41) is 0.369. The van der Waals surface area contributed by atoms with Crippen LogP contribution in [0.1, 0.15) is 15.9 Å². The van der Waals surface area contributed by atoms with E-state index in [4.69, 9.17) is 25.8 Å². The molecular weight excluding hydrogens is 380 g/mol. The number of ether oxygens (including phenoxy) is 3. The summed E-state index contributed by atoms with van der Waals surface area (Å²) in [5.41, 5.74) is 1.78. The minimum atomic E-state index is -0.0358. The lowest BCUT2D eigenvalue weighted by atomic mass is 10.1. The summed E-state index contributed by atoms with van der Waals surface area (Å²) in [4.78, 5) is 16.2. The summed E-state index contributed by atoms with van der Waals surface area (Å²) in [6.45, 7) is 4.15. The predicted molar refractivity (Wildman–Crippen MR) is 108 cm³/mol. The second kappa shape index (κ2) is 9.17. The molecule has 0 aromatic heterocycles. The van der Waals surface area contributed by atoms with Gasteiger partial charge in [0.15, 0.2) is 11.5 Å². The summed E-state index contributed by atoms with van der Waals surface area (Å²) in [7, 11) is 4.72. The van der Waals surface area contributed by atoms with Gasteiger partial charge in [-0.2, -0.15) is 0 Å². The number of carbonyl (C=O) groups is 1. The number of amides is 1. The van der Waals surface area contributed by atoms with Crippen LogP contribution >= 0.6 is 11.6 Å². The number of hydrogen-bond acceptors (Lipinski definition) is 4. The Bertz CT molecular complexity index is 818. The molecule has 1 aliphatic heterocycles. The number of hydrogen-bond donors (Lipinski definition) is 1. The minimum Gasteiger partial charge on any atom is -0.497 e. The second-order valence-electron chi connectivity index (χ2n) is 6.76. The van der Waals surface area contributed by atoms with Crippen LogP contribution in [0.4, 0.5) is 0 Å². The van der Waals surface area contributed by atoms with Crippen LogP contribution in [0.15, 0.2) is 36.4 Å². The number of nitrogens with zero attached hydrogens (tertiary/aromatic N) is 1. The standard InChI is InChI=1S/C21H25ClN2O4/c1-26-17-6-4-15(5-7-17)14-23-8-10-24(11-9-23)21(25)16-12-18(22)20(28-3)19(13-16)27-2/h4-7,12-13H,8-11,14H2,1-3H3/p+1. The highest BCUT2D eigenvalue weighted by molar-refractivity contribution is 6.32. The maximum atomic E-state index is 12.9. The van der Waals surface area contributed by atoms with E-state index in [-0.39, 0.29) is 5.91 Å². The van der Waals surface area contributed by atoms with Crippen LogP contribution in [-0.4, -0.2) is 58.3 Å². The van der Waals surface area contributed by atoms with Crippen molar-refractivity contribution in [3.05, 3.63) is 52.5 Å². The van der Waals surface area contributed by atoms with Gasteiger partial charge in [-0.3, -0.25) is 4.79 Å². The number of benzene rings is 2. The minimum absolute atomic E-state index is 0.0358. The Hall–Kier alpha value is -2.44. The van der Waals surface area contributed by atoms with Crippen molar-refractivity contribution in [1.29, 1.82) is 0 Å². The van der Waals surface area contributed by atoms with Crippen LogP contribution in [0.5, 0.6) is 17.2 Å². The molecule has 1 saturated heterocycles. The molecule has 0 radical (unpaired) electrons. The molecule has 28 heavy (non-hydrogen) atoms. The maximum absolute atomic E-state index is 12.9. The van der Waals surface area contributed by atoms with Crippen molar-refractivity contribution in [2.45, 2.75) is 6.54 Å².